The van der Waals surface area contributed by atoms with E-state index in [-0.39, 0.29) is 6.10 Å². The number of hydrogen-bond donors (Lipinski definition) is 1. The number of rotatable bonds is 3. The Morgan fingerprint density at radius 3 is 2.63 bits per heavy atom. The Bertz CT molecular complexity index is 342. The third kappa shape index (κ3) is 2.77. The first-order valence-corrected chi connectivity index (χ1v) is 8.13. The van der Waals surface area contributed by atoms with Crippen LogP contribution in [0.25, 0.3) is 0 Å². The van der Waals surface area contributed by atoms with E-state index < -0.39 is 0 Å². The number of allylic oxidation sites excluding steroid dienone is 1. The summed E-state index contributed by atoms with van der Waals surface area (Å²) in [5.74, 6) is 1.46. The molecule has 110 valence electrons. The molecule has 2 saturated carbocycles. The van der Waals surface area contributed by atoms with Gasteiger partial charge in [-0.15, -0.1) is 0 Å². The van der Waals surface area contributed by atoms with Crippen LogP contribution in [0.1, 0.15) is 72.6 Å². The molecule has 0 bridgehead atoms. The van der Waals surface area contributed by atoms with Gasteiger partial charge in [-0.2, -0.15) is 0 Å². The summed E-state index contributed by atoms with van der Waals surface area (Å²) in [5.41, 5.74) is 2.36. The maximum atomic E-state index is 9.62. The van der Waals surface area contributed by atoms with Crippen LogP contribution in [0.4, 0.5) is 0 Å². The van der Waals surface area contributed by atoms with Crippen molar-refractivity contribution in [3.63, 3.8) is 0 Å². The molecule has 0 spiro atoms. The van der Waals surface area contributed by atoms with Crippen LogP contribution in [0.5, 0.6) is 0 Å². The molecule has 19 heavy (non-hydrogen) atoms. The molecule has 0 aromatic rings. The maximum Gasteiger partial charge on any atom is 0.0512 e. The third-order valence-electron chi connectivity index (χ3n) is 6.19. The van der Waals surface area contributed by atoms with Crippen LogP contribution in [0.3, 0.4) is 0 Å². The number of fused-ring (bicyclic) bond motifs is 1. The van der Waals surface area contributed by atoms with Gasteiger partial charge < -0.3 is 5.11 Å². The van der Waals surface area contributed by atoms with Crippen LogP contribution in [0, 0.1) is 22.7 Å². The summed E-state index contributed by atoms with van der Waals surface area (Å²) in [6.07, 6.45) is 8.49. The van der Waals surface area contributed by atoms with Crippen LogP contribution in [0.2, 0.25) is 0 Å². The molecule has 0 heterocycles. The molecule has 1 nitrogen and oxygen atoms in total. The Balaban J connectivity index is 2.22. The fourth-order valence-electron chi connectivity index (χ4n) is 5.22. The molecule has 0 aliphatic heterocycles. The van der Waals surface area contributed by atoms with Crippen molar-refractivity contribution in [2.45, 2.75) is 78.7 Å². The Kier molecular flexibility index (Phi) is 4.16. The summed E-state index contributed by atoms with van der Waals surface area (Å²) in [4.78, 5) is 0. The van der Waals surface area contributed by atoms with Gasteiger partial charge in [-0.05, 0) is 68.1 Å². The zero-order valence-electron chi connectivity index (χ0n) is 13.3. The summed E-state index contributed by atoms with van der Waals surface area (Å²) >= 11 is 0. The van der Waals surface area contributed by atoms with Gasteiger partial charge in [0, 0.05) is 0 Å². The van der Waals surface area contributed by atoms with Crippen molar-refractivity contribution in [1.29, 1.82) is 0 Å². The molecule has 0 radical (unpaired) electrons. The van der Waals surface area contributed by atoms with Gasteiger partial charge in [0.25, 0.3) is 0 Å². The Morgan fingerprint density at radius 2 is 2.00 bits per heavy atom. The van der Waals surface area contributed by atoms with Crippen LogP contribution in [0.15, 0.2) is 12.2 Å². The lowest BCUT2D eigenvalue weighted by Crippen LogP contribution is -2.49. The topological polar surface area (TPSA) is 20.2 Å². The number of aliphatic hydroxyl groups excluding tert-OH is 1. The van der Waals surface area contributed by atoms with Gasteiger partial charge in [0.2, 0.25) is 0 Å². The Hall–Kier alpha value is -0.300. The minimum absolute atomic E-state index is 0.173. The molecular weight excluding hydrogens is 232 g/mol. The molecular formula is C18H32O. The molecule has 2 aliphatic carbocycles. The summed E-state index contributed by atoms with van der Waals surface area (Å²) in [6.45, 7) is 13.7. The van der Waals surface area contributed by atoms with E-state index in [2.05, 4.69) is 27.4 Å². The van der Waals surface area contributed by atoms with Gasteiger partial charge in [-0.25, -0.2) is 0 Å². The standard InChI is InChI=1S/C18H32O/c1-13-7-10-16-17(3,4)11-6-12-18(16,5)15(13)9-8-14(2)19/h14-16,19H,1,6-12H2,2-5H3. The first-order valence-electron chi connectivity index (χ1n) is 8.13. The van der Waals surface area contributed by atoms with Crippen molar-refractivity contribution in [2.24, 2.45) is 22.7 Å². The van der Waals surface area contributed by atoms with E-state index in [0.717, 1.165) is 18.8 Å². The average molecular weight is 264 g/mol. The molecule has 2 rings (SSSR count). The lowest BCUT2D eigenvalue weighted by Gasteiger charge is -2.58. The van der Waals surface area contributed by atoms with Crippen LogP contribution in [-0.4, -0.2) is 11.2 Å². The molecule has 0 saturated heterocycles. The minimum atomic E-state index is -0.173. The fourth-order valence-corrected chi connectivity index (χ4v) is 5.22. The summed E-state index contributed by atoms with van der Waals surface area (Å²) < 4.78 is 0. The summed E-state index contributed by atoms with van der Waals surface area (Å²) in [6, 6.07) is 0. The predicted octanol–water partition coefficient (Wildman–Crippen LogP) is 4.95. The van der Waals surface area contributed by atoms with Gasteiger partial charge in [0.15, 0.2) is 0 Å². The molecule has 4 atom stereocenters. The predicted molar refractivity (Wildman–Crippen MR) is 82.0 cm³/mol. The highest BCUT2D eigenvalue weighted by Gasteiger charge is 2.52. The molecule has 0 aromatic heterocycles. The Labute approximate surface area is 119 Å². The van der Waals surface area contributed by atoms with Crippen molar-refractivity contribution in [2.75, 3.05) is 0 Å². The molecule has 1 heteroatoms. The van der Waals surface area contributed by atoms with Gasteiger partial charge >= 0.3 is 0 Å². The van der Waals surface area contributed by atoms with Gasteiger partial charge in [-0.3, -0.25) is 0 Å². The molecule has 1 N–H and O–H groups in total. The normalized spacial score (nSPS) is 39.7. The third-order valence-corrected chi connectivity index (χ3v) is 6.19. The quantitative estimate of drug-likeness (QED) is 0.715. The lowest BCUT2D eigenvalue weighted by atomic mass is 9.47. The van der Waals surface area contributed by atoms with E-state index in [1.165, 1.54) is 37.7 Å². The largest absolute Gasteiger partial charge is 0.393 e. The second-order valence-electron chi connectivity index (χ2n) is 8.08. The van der Waals surface area contributed by atoms with Crippen LogP contribution >= 0.6 is 0 Å². The maximum absolute atomic E-state index is 9.62. The number of hydrogen-bond acceptors (Lipinski definition) is 1. The molecule has 4 unspecified atom stereocenters. The monoisotopic (exact) mass is 264 g/mol. The fraction of sp³-hybridized carbons (Fsp3) is 0.889. The zero-order chi connectivity index (χ0) is 14.3. The lowest BCUT2D eigenvalue weighted by molar-refractivity contribution is -0.0563. The molecule has 0 aromatic carbocycles. The second-order valence-corrected chi connectivity index (χ2v) is 8.08. The highest BCUT2D eigenvalue weighted by molar-refractivity contribution is 5.15. The molecule has 2 aliphatic rings. The first-order chi connectivity index (χ1) is 8.77. The van der Waals surface area contributed by atoms with Crippen molar-refractivity contribution in [3.8, 4) is 0 Å². The second kappa shape index (κ2) is 5.24. The van der Waals surface area contributed by atoms with Gasteiger partial charge in [0.1, 0.15) is 0 Å². The summed E-state index contributed by atoms with van der Waals surface area (Å²) in [7, 11) is 0. The van der Waals surface area contributed by atoms with Crippen LogP contribution < -0.4 is 0 Å². The number of aliphatic hydroxyl groups is 1. The average Bonchev–Trinajstić information content (AvgIpc) is 2.26. The van der Waals surface area contributed by atoms with Crippen molar-refractivity contribution >= 4 is 0 Å². The van der Waals surface area contributed by atoms with E-state index in [4.69, 9.17) is 0 Å². The summed E-state index contributed by atoms with van der Waals surface area (Å²) in [5, 5.41) is 9.62. The Morgan fingerprint density at radius 1 is 1.32 bits per heavy atom. The van der Waals surface area contributed by atoms with E-state index in [1.54, 1.807) is 0 Å². The highest BCUT2D eigenvalue weighted by Crippen LogP contribution is 2.61. The van der Waals surface area contributed by atoms with E-state index in [0.29, 0.717) is 16.7 Å². The van der Waals surface area contributed by atoms with E-state index >= 15 is 0 Å². The first kappa shape index (κ1) is 15.1. The van der Waals surface area contributed by atoms with Crippen molar-refractivity contribution in [3.05, 3.63) is 12.2 Å². The van der Waals surface area contributed by atoms with E-state index in [9.17, 15) is 5.11 Å². The van der Waals surface area contributed by atoms with Gasteiger partial charge in [-0.1, -0.05) is 39.3 Å². The molecule has 0 amide bonds. The van der Waals surface area contributed by atoms with Crippen molar-refractivity contribution < 1.29 is 5.11 Å². The van der Waals surface area contributed by atoms with E-state index in [1.807, 2.05) is 6.92 Å². The highest BCUT2D eigenvalue weighted by atomic mass is 16.3. The van der Waals surface area contributed by atoms with Crippen molar-refractivity contribution in [1.82, 2.24) is 0 Å². The van der Waals surface area contributed by atoms with Crippen LogP contribution in [-0.2, 0) is 0 Å². The smallest absolute Gasteiger partial charge is 0.0512 e. The SMILES string of the molecule is C=C1CCC2C(C)(C)CCCC2(C)C1CCC(C)O. The molecule has 2 fully saturated rings. The zero-order valence-corrected chi connectivity index (χ0v) is 13.3. The van der Waals surface area contributed by atoms with Gasteiger partial charge in [0.05, 0.1) is 6.10 Å². The minimum Gasteiger partial charge on any atom is -0.393 e.